The molecule has 0 aromatic rings. The van der Waals surface area contributed by atoms with E-state index < -0.39 is 35.0 Å². The third-order valence-electron chi connectivity index (χ3n) is 8.49. The smallest absolute Gasteiger partial charge is 0.313 e. The molecular formula is C27H39N3O7. The van der Waals surface area contributed by atoms with Crippen LogP contribution in [0.1, 0.15) is 32.6 Å². The molecule has 5 atom stereocenters. The van der Waals surface area contributed by atoms with Crippen LogP contribution in [0, 0.1) is 11.8 Å². The van der Waals surface area contributed by atoms with Crippen LogP contribution in [0.15, 0.2) is 24.3 Å². The zero-order valence-corrected chi connectivity index (χ0v) is 21.7. The molecule has 0 aromatic heterocycles. The van der Waals surface area contributed by atoms with E-state index in [-0.39, 0.29) is 25.0 Å². The lowest BCUT2D eigenvalue weighted by Gasteiger charge is -2.38. The van der Waals surface area contributed by atoms with Gasteiger partial charge in [-0.1, -0.05) is 31.1 Å². The minimum absolute atomic E-state index is 0.137. The number of aliphatic hydroxyl groups is 1. The van der Waals surface area contributed by atoms with E-state index in [1.54, 1.807) is 11.0 Å². The molecule has 10 nitrogen and oxygen atoms in total. The summed E-state index contributed by atoms with van der Waals surface area (Å²) in [5.74, 6) is -2.46. The Morgan fingerprint density at radius 2 is 1.73 bits per heavy atom. The molecule has 5 aliphatic heterocycles. The van der Waals surface area contributed by atoms with Gasteiger partial charge in [0.05, 0.1) is 24.7 Å². The minimum atomic E-state index is -1.23. The van der Waals surface area contributed by atoms with Crippen molar-refractivity contribution in [1.82, 2.24) is 14.7 Å². The quantitative estimate of drug-likeness (QED) is 0.265. The molecule has 0 saturated carbocycles. The van der Waals surface area contributed by atoms with Crippen LogP contribution in [0.2, 0.25) is 0 Å². The van der Waals surface area contributed by atoms with E-state index in [1.165, 1.54) is 0 Å². The summed E-state index contributed by atoms with van der Waals surface area (Å²) in [6, 6.07) is -0.837. The Bertz CT molecular complexity index is 948. The van der Waals surface area contributed by atoms with Gasteiger partial charge in [-0.15, -0.1) is 0 Å². The van der Waals surface area contributed by atoms with Crippen LogP contribution in [0.5, 0.6) is 0 Å². The predicted octanol–water partition coefficient (Wildman–Crippen LogP) is 0.354. The fourth-order valence-electron chi connectivity index (χ4n) is 6.68. The highest BCUT2D eigenvalue weighted by molar-refractivity contribution is 5.99. The van der Waals surface area contributed by atoms with E-state index in [0.717, 1.165) is 32.5 Å². The molecule has 2 amide bonds. The summed E-state index contributed by atoms with van der Waals surface area (Å²) in [7, 11) is 0. The molecule has 3 saturated heterocycles. The number of amides is 2. The van der Waals surface area contributed by atoms with Crippen LogP contribution in [0.4, 0.5) is 0 Å². The first-order chi connectivity index (χ1) is 17.9. The fourth-order valence-corrected chi connectivity index (χ4v) is 6.68. The number of hydrogen-bond donors (Lipinski definition) is 1. The molecule has 204 valence electrons. The maximum atomic E-state index is 14.2. The van der Waals surface area contributed by atoms with E-state index in [4.69, 9.17) is 19.3 Å². The number of rotatable bonds is 9. The van der Waals surface area contributed by atoms with Crippen molar-refractivity contribution in [2.75, 3.05) is 65.7 Å². The van der Waals surface area contributed by atoms with E-state index in [0.29, 0.717) is 45.7 Å². The van der Waals surface area contributed by atoms with Crippen LogP contribution >= 0.6 is 0 Å². The highest BCUT2D eigenvalue weighted by Crippen LogP contribution is 2.57. The molecular weight excluding hydrogens is 478 g/mol. The number of ether oxygens (including phenoxy) is 3. The SMILES string of the molecule is C[C@]12C=CCOC(=O)[C@H]1[C@H]1C(=O)N(CCCCCCO)C3C(=O)N(CCN4CCOCC4)CC=C[C@@]31O2. The van der Waals surface area contributed by atoms with Gasteiger partial charge in [-0.3, -0.25) is 19.3 Å². The van der Waals surface area contributed by atoms with Gasteiger partial charge in [0.15, 0.2) is 0 Å². The van der Waals surface area contributed by atoms with Gasteiger partial charge in [0.2, 0.25) is 11.8 Å². The maximum Gasteiger partial charge on any atom is 0.313 e. The van der Waals surface area contributed by atoms with Crippen molar-refractivity contribution in [3.05, 3.63) is 24.3 Å². The maximum absolute atomic E-state index is 14.2. The zero-order chi connectivity index (χ0) is 26.0. The molecule has 0 aromatic carbocycles. The Morgan fingerprint density at radius 3 is 2.51 bits per heavy atom. The van der Waals surface area contributed by atoms with E-state index in [2.05, 4.69) is 4.90 Å². The Hall–Kier alpha value is -2.27. The number of fused-ring (bicyclic) bond motifs is 2. The number of aliphatic hydroxyl groups excluding tert-OH is 1. The molecule has 1 N–H and O–H groups in total. The van der Waals surface area contributed by atoms with Gasteiger partial charge in [0.25, 0.3) is 0 Å². The third kappa shape index (κ3) is 4.73. The first-order valence-corrected chi connectivity index (χ1v) is 13.6. The number of hydrogen-bond acceptors (Lipinski definition) is 8. The number of unbranched alkanes of at least 4 members (excludes halogenated alkanes) is 3. The van der Waals surface area contributed by atoms with Gasteiger partial charge >= 0.3 is 5.97 Å². The number of carbonyl (C=O) groups is 3. The summed E-state index contributed by atoms with van der Waals surface area (Å²) in [6.07, 6.45) is 10.5. The highest BCUT2D eigenvalue weighted by atomic mass is 16.6. The zero-order valence-electron chi connectivity index (χ0n) is 21.7. The molecule has 0 aliphatic carbocycles. The van der Waals surface area contributed by atoms with Crippen molar-refractivity contribution in [2.45, 2.75) is 49.9 Å². The topological polar surface area (TPSA) is 109 Å². The van der Waals surface area contributed by atoms with Gasteiger partial charge < -0.3 is 29.1 Å². The lowest BCUT2D eigenvalue weighted by molar-refractivity contribution is -0.157. The summed E-state index contributed by atoms with van der Waals surface area (Å²) in [6.45, 7) is 7.27. The van der Waals surface area contributed by atoms with E-state index in [1.807, 2.05) is 30.1 Å². The highest BCUT2D eigenvalue weighted by Gasteiger charge is 2.74. The molecule has 10 heteroatoms. The molecule has 5 rings (SSSR count). The molecule has 0 bridgehead atoms. The summed E-state index contributed by atoms with van der Waals surface area (Å²) in [5, 5.41) is 9.11. The standard InChI is InChI=1S/C27H39N3O7/c1-26-8-7-17-36-25(34)21(26)20-23(32)30(11-4-2-3-5-16-31)22-24(33)29(10-6-9-27(20,22)37-26)13-12-28-14-18-35-19-15-28/h6-9,20-22,31H,2-5,10-19H2,1H3/t20-,21+,22?,26-,27-/m0/s1. The van der Waals surface area contributed by atoms with Gasteiger partial charge in [0, 0.05) is 45.9 Å². The molecule has 1 unspecified atom stereocenters. The summed E-state index contributed by atoms with van der Waals surface area (Å²) < 4.78 is 17.6. The average Bonchev–Trinajstić information content (AvgIpc) is 3.14. The molecule has 3 fully saturated rings. The largest absolute Gasteiger partial charge is 0.461 e. The molecule has 5 aliphatic rings. The third-order valence-corrected chi connectivity index (χ3v) is 8.49. The van der Waals surface area contributed by atoms with Crippen molar-refractivity contribution in [1.29, 1.82) is 0 Å². The Morgan fingerprint density at radius 1 is 0.946 bits per heavy atom. The van der Waals surface area contributed by atoms with Crippen LogP contribution in [-0.2, 0) is 28.6 Å². The van der Waals surface area contributed by atoms with Crippen LogP contribution in [0.25, 0.3) is 0 Å². The van der Waals surface area contributed by atoms with Crippen LogP contribution in [-0.4, -0.2) is 121 Å². The average molecular weight is 518 g/mol. The van der Waals surface area contributed by atoms with Crippen molar-refractivity contribution in [3.8, 4) is 0 Å². The molecule has 37 heavy (non-hydrogen) atoms. The van der Waals surface area contributed by atoms with Gasteiger partial charge in [-0.2, -0.15) is 0 Å². The first kappa shape index (κ1) is 26.3. The van der Waals surface area contributed by atoms with E-state index >= 15 is 0 Å². The van der Waals surface area contributed by atoms with Gasteiger partial charge in [-0.25, -0.2) is 0 Å². The summed E-state index contributed by atoms with van der Waals surface area (Å²) >= 11 is 0. The molecule has 5 heterocycles. The monoisotopic (exact) mass is 517 g/mol. The lowest BCUT2D eigenvalue weighted by Crippen LogP contribution is -2.56. The van der Waals surface area contributed by atoms with Gasteiger partial charge in [0.1, 0.15) is 24.2 Å². The fraction of sp³-hybridized carbons (Fsp3) is 0.741. The Balaban J connectivity index is 1.44. The lowest BCUT2D eigenvalue weighted by atomic mass is 9.75. The van der Waals surface area contributed by atoms with Crippen LogP contribution < -0.4 is 0 Å². The molecule has 1 spiro atoms. The number of nitrogens with zero attached hydrogens (tertiary/aromatic N) is 3. The van der Waals surface area contributed by atoms with Crippen LogP contribution in [0.3, 0.4) is 0 Å². The summed E-state index contributed by atoms with van der Waals surface area (Å²) in [4.78, 5) is 47.1. The normalized spacial score (nSPS) is 35.7. The molecule has 0 radical (unpaired) electrons. The minimum Gasteiger partial charge on any atom is -0.461 e. The number of morpholine rings is 1. The van der Waals surface area contributed by atoms with Crippen molar-refractivity contribution < 1.29 is 33.7 Å². The number of likely N-dealkylation sites (tertiary alicyclic amines) is 1. The Kier molecular flexibility index (Phi) is 7.72. The Labute approximate surface area is 218 Å². The first-order valence-electron chi connectivity index (χ1n) is 13.6. The van der Waals surface area contributed by atoms with E-state index in [9.17, 15) is 14.4 Å². The van der Waals surface area contributed by atoms with Crippen molar-refractivity contribution >= 4 is 17.8 Å². The second kappa shape index (κ2) is 10.8. The number of esters is 1. The number of cyclic esters (lactones) is 1. The second-order valence-electron chi connectivity index (χ2n) is 10.8. The second-order valence-corrected chi connectivity index (χ2v) is 10.8. The summed E-state index contributed by atoms with van der Waals surface area (Å²) in [5.41, 5.74) is -2.26. The van der Waals surface area contributed by atoms with Crippen molar-refractivity contribution in [3.63, 3.8) is 0 Å². The van der Waals surface area contributed by atoms with Gasteiger partial charge in [-0.05, 0) is 25.8 Å². The van der Waals surface area contributed by atoms with Crippen molar-refractivity contribution in [2.24, 2.45) is 11.8 Å². The predicted molar refractivity (Wildman–Crippen MR) is 133 cm³/mol. The number of carbonyl (C=O) groups excluding carboxylic acids is 3.